The molecule has 1 aromatic carbocycles. The second kappa shape index (κ2) is 8.21. The number of nitrogens with zero attached hydrogens (tertiary/aromatic N) is 4. The zero-order valence-electron chi connectivity index (χ0n) is 15.7. The van der Waals surface area contributed by atoms with Gasteiger partial charge in [-0.15, -0.1) is 0 Å². The zero-order chi connectivity index (χ0) is 19.3. The van der Waals surface area contributed by atoms with E-state index in [1.54, 1.807) is 19.5 Å². The van der Waals surface area contributed by atoms with Gasteiger partial charge in [0, 0.05) is 37.0 Å². The van der Waals surface area contributed by atoms with E-state index in [0.717, 1.165) is 29.7 Å². The number of aromatic nitrogens is 3. The molecule has 144 valence electrons. The van der Waals surface area contributed by atoms with Crippen molar-refractivity contribution in [1.29, 1.82) is 0 Å². The maximum absolute atomic E-state index is 12.6. The Morgan fingerprint density at radius 3 is 2.54 bits per heavy atom. The fourth-order valence-corrected chi connectivity index (χ4v) is 3.43. The molecular formula is C21H22N4O3. The quantitative estimate of drug-likeness (QED) is 0.679. The Labute approximate surface area is 163 Å². The molecule has 7 heteroatoms. The van der Waals surface area contributed by atoms with Crippen LogP contribution in [-0.2, 0) is 11.2 Å². The first-order chi connectivity index (χ1) is 13.7. The van der Waals surface area contributed by atoms with Crippen molar-refractivity contribution in [3.05, 3.63) is 60.2 Å². The van der Waals surface area contributed by atoms with Crippen molar-refractivity contribution in [2.45, 2.75) is 25.2 Å². The third-order valence-corrected chi connectivity index (χ3v) is 5.10. The minimum atomic E-state index is 0.147. The van der Waals surface area contributed by atoms with Gasteiger partial charge in [-0.25, -0.2) is 0 Å². The highest BCUT2D eigenvalue weighted by atomic mass is 16.5. The summed E-state index contributed by atoms with van der Waals surface area (Å²) in [5.74, 6) is 2.38. The van der Waals surface area contributed by atoms with E-state index in [2.05, 4.69) is 15.1 Å². The third kappa shape index (κ3) is 4.03. The summed E-state index contributed by atoms with van der Waals surface area (Å²) in [5, 5.41) is 4.15. The molecule has 1 aliphatic heterocycles. The molecule has 0 radical (unpaired) electrons. The minimum absolute atomic E-state index is 0.147. The van der Waals surface area contributed by atoms with Gasteiger partial charge in [0.05, 0.1) is 13.5 Å². The zero-order valence-corrected chi connectivity index (χ0v) is 15.7. The van der Waals surface area contributed by atoms with Gasteiger partial charge in [-0.1, -0.05) is 17.3 Å². The second-order valence-corrected chi connectivity index (χ2v) is 6.87. The lowest BCUT2D eigenvalue weighted by molar-refractivity contribution is -0.131. The highest BCUT2D eigenvalue weighted by molar-refractivity contribution is 5.79. The summed E-state index contributed by atoms with van der Waals surface area (Å²) in [6.45, 7) is 1.41. The molecule has 1 amide bonds. The minimum Gasteiger partial charge on any atom is -0.497 e. The lowest BCUT2D eigenvalue weighted by atomic mass is 9.95. The van der Waals surface area contributed by atoms with Crippen molar-refractivity contribution in [3.63, 3.8) is 0 Å². The topological polar surface area (TPSA) is 81.4 Å². The van der Waals surface area contributed by atoms with Crippen molar-refractivity contribution >= 4 is 5.91 Å². The summed E-state index contributed by atoms with van der Waals surface area (Å²) in [7, 11) is 1.63. The number of amides is 1. The number of ether oxygens (including phenoxy) is 1. The van der Waals surface area contributed by atoms with E-state index in [0.29, 0.717) is 31.2 Å². The number of hydrogen-bond acceptors (Lipinski definition) is 6. The highest BCUT2D eigenvalue weighted by Crippen LogP contribution is 2.28. The number of pyridine rings is 1. The van der Waals surface area contributed by atoms with Crippen LogP contribution < -0.4 is 4.74 Å². The molecule has 3 heterocycles. The summed E-state index contributed by atoms with van der Waals surface area (Å²) in [5.41, 5.74) is 1.86. The SMILES string of the molecule is COc1ccc(CC(=O)N2CCC(c3noc(-c4ccncc4)n3)CC2)cc1. The molecule has 2 aromatic heterocycles. The van der Waals surface area contributed by atoms with Crippen LogP contribution in [0.15, 0.2) is 53.3 Å². The molecule has 7 nitrogen and oxygen atoms in total. The molecule has 0 saturated carbocycles. The molecule has 0 unspecified atom stereocenters. The monoisotopic (exact) mass is 378 g/mol. The second-order valence-electron chi connectivity index (χ2n) is 6.87. The predicted molar refractivity (Wildman–Crippen MR) is 103 cm³/mol. The number of likely N-dealkylation sites (tertiary alicyclic amines) is 1. The highest BCUT2D eigenvalue weighted by Gasteiger charge is 2.27. The van der Waals surface area contributed by atoms with Crippen molar-refractivity contribution in [2.75, 3.05) is 20.2 Å². The fraction of sp³-hybridized carbons (Fsp3) is 0.333. The first-order valence-electron chi connectivity index (χ1n) is 9.37. The maximum Gasteiger partial charge on any atom is 0.258 e. The lowest BCUT2D eigenvalue weighted by Crippen LogP contribution is -2.39. The van der Waals surface area contributed by atoms with Crippen LogP contribution in [0.1, 0.15) is 30.1 Å². The summed E-state index contributed by atoms with van der Waals surface area (Å²) >= 11 is 0. The average molecular weight is 378 g/mol. The first kappa shape index (κ1) is 18.2. The van der Waals surface area contributed by atoms with Gasteiger partial charge in [-0.2, -0.15) is 4.98 Å². The summed E-state index contributed by atoms with van der Waals surface area (Å²) in [6.07, 6.45) is 5.48. The standard InChI is InChI=1S/C21H22N4O3/c1-27-18-4-2-15(3-5-18)14-19(26)25-12-8-16(9-13-25)20-23-21(28-24-20)17-6-10-22-11-7-17/h2-7,10-11,16H,8-9,12-14H2,1H3. The van der Waals surface area contributed by atoms with E-state index in [4.69, 9.17) is 9.26 Å². The van der Waals surface area contributed by atoms with Gasteiger partial charge in [-0.3, -0.25) is 9.78 Å². The normalized spacial score (nSPS) is 14.8. The van der Waals surface area contributed by atoms with Crippen LogP contribution in [0.4, 0.5) is 0 Å². The van der Waals surface area contributed by atoms with Gasteiger partial charge in [0.2, 0.25) is 5.91 Å². The largest absolute Gasteiger partial charge is 0.497 e. The lowest BCUT2D eigenvalue weighted by Gasteiger charge is -2.30. The number of hydrogen-bond donors (Lipinski definition) is 0. The molecule has 3 aromatic rings. The maximum atomic E-state index is 12.6. The summed E-state index contributed by atoms with van der Waals surface area (Å²) < 4.78 is 10.6. The van der Waals surface area contributed by atoms with Crippen molar-refractivity contribution in [1.82, 2.24) is 20.0 Å². The van der Waals surface area contributed by atoms with Gasteiger partial charge < -0.3 is 14.2 Å². The Morgan fingerprint density at radius 1 is 1.14 bits per heavy atom. The van der Waals surface area contributed by atoms with Crippen LogP contribution in [0.25, 0.3) is 11.5 Å². The molecule has 0 N–H and O–H groups in total. The molecular weight excluding hydrogens is 356 g/mol. The van der Waals surface area contributed by atoms with Crippen LogP contribution >= 0.6 is 0 Å². The van der Waals surface area contributed by atoms with Gasteiger partial charge in [0.15, 0.2) is 5.82 Å². The van der Waals surface area contributed by atoms with E-state index in [-0.39, 0.29) is 11.8 Å². The molecule has 4 rings (SSSR count). The van der Waals surface area contributed by atoms with Crippen molar-refractivity contribution in [2.24, 2.45) is 0 Å². The number of piperidine rings is 1. The van der Waals surface area contributed by atoms with Crippen LogP contribution in [0.3, 0.4) is 0 Å². The van der Waals surface area contributed by atoms with E-state index in [9.17, 15) is 4.79 Å². The Balaban J connectivity index is 1.33. The molecule has 1 saturated heterocycles. The number of carbonyl (C=O) groups is 1. The molecule has 0 aliphatic carbocycles. The Morgan fingerprint density at radius 2 is 1.86 bits per heavy atom. The van der Waals surface area contributed by atoms with Crippen LogP contribution in [0, 0.1) is 0 Å². The Bertz CT molecular complexity index is 916. The average Bonchev–Trinajstić information content (AvgIpc) is 3.25. The molecule has 1 aliphatic rings. The van der Waals surface area contributed by atoms with Crippen molar-refractivity contribution in [3.8, 4) is 17.2 Å². The van der Waals surface area contributed by atoms with Crippen LogP contribution in [0.2, 0.25) is 0 Å². The smallest absolute Gasteiger partial charge is 0.258 e. The van der Waals surface area contributed by atoms with Crippen LogP contribution in [0.5, 0.6) is 5.75 Å². The molecule has 0 bridgehead atoms. The Kier molecular flexibility index (Phi) is 5.32. The molecule has 28 heavy (non-hydrogen) atoms. The van der Waals surface area contributed by atoms with E-state index >= 15 is 0 Å². The van der Waals surface area contributed by atoms with Crippen molar-refractivity contribution < 1.29 is 14.1 Å². The van der Waals surface area contributed by atoms with Gasteiger partial charge in [0.25, 0.3) is 5.89 Å². The Hall–Kier alpha value is -3.22. The molecule has 0 spiro atoms. The number of benzene rings is 1. The predicted octanol–water partition coefficient (Wildman–Crippen LogP) is 3.09. The van der Waals surface area contributed by atoms with E-state index in [1.807, 2.05) is 41.3 Å². The molecule has 1 fully saturated rings. The van der Waals surface area contributed by atoms with Gasteiger partial charge in [-0.05, 0) is 42.7 Å². The van der Waals surface area contributed by atoms with Gasteiger partial charge >= 0.3 is 0 Å². The first-order valence-corrected chi connectivity index (χ1v) is 9.37. The number of carbonyl (C=O) groups excluding carboxylic acids is 1. The van der Waals surface area contributed by atoms with Crippen LogP contribution in [-0.4, -0.2) is 46.1 Å². The molecule has 0 atom stereocenters. The number of rotatable bonds is 5. The summed E-state index contributed by atoms with van der Waals surface area (Å²) in [6, 6.07) is 11.3. The summed E-state index contributed by atoms with van der Waals surface area (Å²) in [4.78, 5) is 23.0. The van der Waals surface area contributed by atoms with Gasteiger partial charge in [0.1, 0.15) is 5.75 Å². The van der Waals surface area contributed by atoms with E-state index in [1.165, 1.54) is 0 Å². The number of methoxy groups -OCH3 is 1. The van der Waals surface area contributed by atoms with E-state index < -0.39 is 0 Å². The third-order valence-electron chi connectivity index (χ3n) is 5.10. The fourth-order valence-electron chi connectivity index (χ4n) is 3.43.